The summed E-state index contributed by atoms with van der Waals surface area (Å²) in [4.78, 5) is 0. The minimum atomic E-state index is -1.13. The van der Waals surface area contributed by atoms with Crippen LogP contribution >= 0.6 is 0 Å². The standard InChI is InChI=1S/C14H26Si2/c1-15(2,3)13-9-11-7-8-12(11)10-14(13)16(4,5)6/h9,12H,7-8,10H2,1-6H3. The van der Waals surface area contributed by atoms with Crippen LogP contribution in [-0.4, -0.2) is 16.1 Å². The van der Waals surface area contributed by atoms with Crippen LogP contribution in [0.4, 0.5) is 0 Å². The van der Waals surface area contributed by atoms with Crippen LogP contribution in [0, 0.1) is 5.92 Å². The van der Waals surface area contributed by atoms with Crippen LogP contribution in [0.15, 0.2) is 22.0 Å². The summed E-state index contributed by atoms with van der Waals surface area (Å²) in [7, 11) is -2.23. The molecule has 1 atom stereocenters. The Balaban J connectivity index is 2.47. The van der Waals surface area contributed by atoms with Crippen LogP contribution < -0.4 is 0 Å². The van der Waals surface area contributed by atoms with Crippen molar-refractivity contribution in [3.63, 3.8) is 0 Å². The van der Waals surface area contributed by atoms with Crippen LogP contribution in [0.1, 0.15) is 19.3 Å². The van der Waals surface area contributed by atoms with Gasteiger partial charge < -0.3 is 0 Å². The number of fused-ring (bicyclic) bond motifs is 1. The Morgan fingerprint density at radius 1 is 1.00 bits per heavy atom. The molecule has 0 bridgehead atoms. The van der Waals surface area contributed by atoms with Gasteiger partial charge >= 0.3 is 0 Å². The third kappa shape index (κ3) is 2.14. The molecule has 0 aromatic rings. The Labute approximate surface area is 103 Å². The van der Waals surface area contributed by atoms with Gasteiger partial charge in [0.15, 0.2) is 0 Å². The average Bonchev–Trinajstić information content (AvgIpc) is 2.02. The molecule has 1 unspecified atom stereocenters. The molecule has 90 valence electrons. The van der Waals surface area contributed by atoms with Crippen LogP contribution in [0.5, 0.6) is 0 Å². The summed E-state index contributed by atoms with van der Waals surface area (Å²) in [5.74, 6) is 0.946. The predicted molar refractivity (Wildman–Crippen MR) is 79.1 cm³/mol. The molecule has 2 aliphatic rings. The normalized spacial score (nSPS) is 26.1. The highest BCUT2D eigenvalue weighted by atomic mass is 28.3. The van der Waals surface area contributed by atoms with Crippen molar-refractivity contribution >= 4 is 16.1 Å². The molecule has 0 aromatic heterocycles. The van der Waals surface area contributed by atoms with E-state index in [0.29, 0.717) is 0 Å². The molecule has 2 heteroatoms. The molecule has 0 aromatic carbocycles. The minimum absolute atomic E-state index is 0.946. The highest BCUT2D eigenvalue weighted by molar-refractivity contribution is 6.89. The number of hydrogen-bond donors (Lipinski definition) is 0. The van der Waals surface area contributed by atoms with Gasteiger partial charge in [-0.05, 0) is 25.2 Å². The first-order valence-corrected chi connectivity index (χ1v) is 13.6. The fourth-order valence-electron chi connectivity index (χ4n) is 2.95. The van der Waals surface area contributed by atoms with Crippen molar-refractivity contribution < 1.29 is 0 Å². The topological polar surface area (TPSA) is 0 Å². The van der Waals surface area contributed by atoms with Gasteiger partial charge in [-0.3, -0.25) is 0 Å². The fraction of sp³-hybridized carbons (Fsp3) is 0.714. The smallest absolute Gasteiger partial charge is 0.0770 e. The lowest BCUT2D eigenvalue weighted by Gasteiger charge is -2.42. The van der Waals surface area contributed by atoms with E-state index in [2.05, 4.69) is 45.4 Å². The van der Waals surface area contributed by atoms with Crippen LogP contribution in [-0.2, 0) is 0 Å². The molecule has 0 N–H and O–H groups in total. The van der Waals surface area contributed by atoms with E-state index >= 15 is 0 Å². The third-order valence-electron chi connectivity index (χ3n) is 4.12. The zero-order valence-electron chi connectivity index (χ0n) is 11.8. The summed E-state index contributed by atoms with van der Waals surface area (Å²) in [5, 5.41) is 3.72. The van der Waals surface area contributed by atoms with Crippen LogP contribution in [0.25, 0.3) is 0 Å². The van der Waals surface area contributed by atoms with Gasteiger partial charge in [0.05, 0.1) is 16.1 Å². The second-order valence-corrected chi connectivity index (χ2v) is 17.7. The van der Waals surface area contributed by atoms with E-state index in [1.165, 1.54) is 19.3 Å². The van der Waals surface area contributed by atoms with Crippen molar-refractivity contribution in [2.75, 3.05) is 0 Å². The summed E-state index contributed by atoms with van der Waals surface area (Å²) in [6, 6.07) is 0. The molecule has 16 heavy (non-hydrogen) atoms. The Hall–Kier alpha value is -0.0862. The monoisotopic (exact) mass is 250 g/mol. The van der Waals surface area contributed by atoms with Crippen LogP contribution in [0.3, 0.4) is 0 Å². The molecule has 1 fully saturated rings. The SMILES string of the molecule is C[Si](C)(C)C1=C([Si](C)(C)C)CC2CCC2=C1. The summed E-state index contributed by atoms with van der Waals surface area (Å²) in [6.45, 7) is 15.1. The molecular formula is C14H26Si2. The molecule has 0 saturated heterocycles. The van der Waals surface area contributed by atoms with Gasteiger partial charge in [0, 0.05) is 0 Å². The number of hydrogen-bond acceptors (Lipinski definition) is 0. The molecule has 0 aliphatic heterocycles. The molecule has 2 rings (SSSR count). The molecule has 2 aliphatic carbocycles. The van der Waals surface area contributed by atoms with Gasteiger partial charge in [-0.25, -0.2) is 0 Å². The Bertz CT molecular complexity index is 361. The Morgan fingerprint density at radius 2 is 1.62 bits per heavy atom. The second kappa shape index (κ2) is 3.71. The van der Waals surface area contributed by atoms with E-state index in [-0.39, 0.29) is 0 Å². The van der Waals surface area contributed by atoms with E-state index < -0.39 is 16.1 Å². The third-order valence-corrected chi connectivity index (χ3v) is 8.72. The lowest BCUT2D eigenvalue weighted by Crippen LogP contribution is -2.38. The van der Waals surface area contributed by atoms with Crippen molar-refractivity contribution in [1.82, 2.24) is 0 Å². The number of allylic oxidation sites excluding steroid dienone is 4. The summed E-state index contributed by atoms with van der Waals surface area (Å²) in [6.07, 6.45) is 6.88. The van der Waals surface area contributed by atoms with Gasteiger partial charge in [0.1, 0.15) is 0 Å². The lowest BCUT2D eigenvalue weighted by atomic mass is 9.75. The van der Waals surface area contributed by atoms with Crippen LogP contribution in [0.2, 0.25) is 39.3 Å². The molecule has 0 amide bonds. The van der Waals surface area contributed by atoms with Crippen molar-refractivity contribution in [2.45, 2.75) is 58.5 Å². The van der Waals surface area contributed by atoms with E-state index in [1.807, 2.05) is 10.4 Å². The molecular weight excluding hydrogens is 224 g/mol. The Kier molecular flexibility index (Phi) is 2.87. The average molecular weight is 251 g/mol. The van der Waals surface area contributed by atoms with Crippen molar-refractivity contribution in [3.8, 4) is 0 Å². The molecule has 0 radical (unpaired) electrons. The largest absolute Gasteiger partial charge is 0.0812 e. The first-order valence-electron chi connectivity index (χ1n) is 6.64. The summed E-state index contributed by atoms with van der Waals surface area (Å²) < 4.78 is 0. The molecule has 0 nitrogen and oxygen atoms in total. The van der Waals surface area contributed by atoms with E-state index in [1.54, 1.807) is 5.57 Å². The van der Waals surface area contributed by atoms with Gasteiger partial charge in [0.25, 0.3) is 0 Å². The second-order valence-electron chi connectivity index (χ2n) is 7.55. The molecule has 0 heterocycles. The van der Waals surface area contributed by atoms with E-state index in [4.69, 9.17) is 0 Å². The van der Waals surface area contributed by atoms with Crippen molar-refractivity contribution in [3.05, 3.63) is 22.0 Å². The summed E-state index contributed by atoms with van der Waals surface area (Å²) in [5.41, 5.74) is 1.78. The van der Waals surface area contributed by atoms with E-state index in [9.17, 15) is 0 Å². The summed E-state index contributed by atoms with van der Waals surface area (Å²) >= 11 is 0. The first-order chi connectivity index (χ1) is 7.19. The zero-order chi connectivity index (χ0) is 12.1. The highest BCUT2D eigenvalue weighted by Gasteiger charge is 2.37. The predicted octanol–water partition coefficient (Wildman–Crippen LogP) is 4.78. The van der Waals surface area contributed by atoms with Gasteiger partial charge in [-0.1, -0.05) is 61.3 Å². The first kappa shape index (κ1) is 12.4. The Morgan fingerprint density at radius 3 is 2.00 bits per heavy atom. The minimum Gasteiger partial charge on any atom is -0.0812 e. The molecule has 1 saturated carbocycles. The highest BCUT2D eigenvalue weighted by Crippen LogP contribution is 2.46. The number of rotatable bonds is 2. The lowest BCUT2D eigenvalue weighted by molar-refractivity contribution is 0.438. The maximum absolute atomic E-state index is 2.62. The maximum Gasteiger partial charge on any atom is 0.0770 e. The molecule has 0 spiro atoms. The van der Waals surface area contributed by atoms with Crippen molar-refractivity contribution in [1.29, 1.82) is 0 Å². The maximum atomic E-state index is 2.62. The van der Waals surface area contributed by atoms with E-state index in [0.717, 1.165) is 5.92 Å². The van der Waals surface area contributed by atoms with Gasteiger partial charge in [-0.15, -0.1) is 0 Å². The van der Waals surface area contributed by atoms with Crippen molar-refractivity contribution in [2.24, 2.45) is 5.92 Å². The quantitative estimate of drug-likeness (QED) is 0.619. The van der Waals surface area contributed by atoms with Gasteiger partial charge in [0.2, 0.25) is 0 Å². The zero-order valence-corrected chi connectivity index (χ0v) is 13.8. The fourth-order valence-corrected chi connectivity index (χ4v) is 8.56. The van der Waals surface area contributed by atoms with Gasteiger partial charge in [-0.2, -0.15) is 0 Å².